The molecule has 0 aromatic rings. The Balaban J connectivity index is 1.94. The van der Waals surface area contributed by atoms with Crippen molar-refractivity contribution in [2.45, 2.75) is 25.7 Å². The van der Waals surface area contributed by atoms with Crippen LogP contribution in [0.3, 0.4) is 0 Å². The highest BCUT2D eigenvalue weighted by Gasteiger charge is 2.49. The first-order chi connectivity index (χ1) is 11.2. The molecule has 2 aliphatic rings. The highest BCUT2D eigenvalue weighted by Crippen LogP contribution is 2.40. The Morgan fingerprint density at radius 1 is 1.33 bits per heavy atom. The molecule has 0 aromatic heterocycles. The van der Waals surface area contributed by atoms with Gasteiger partial charge in [-0.05, 0) is 19.3 Å². The fraction of sp³-hybridized carbons (Fsp3) is 0.867. The van der Waals surface area contributed by atoms with E-state index in [-0.39, 0.29) is 31.4 Å². The Kier molecular flexibility index (Phi) is 5.87. The van der Waals surface area contributed by atoms with Gasteiger partial charge in [-0.1, -0.05) is 0 Å². The first-order valence-electron chi connectivity index (χ1n) is 8.29. The zero-order valence-corrected chi connectivity index (χ0v) is 15.2. The molecule has 1 atom stereocenters. The van der Waals surface area contributed by atoms with Crippen molar-refractivity contribution in [1.29, 1.82) is 0 Å². The summed E-state index contributed by atoms with van der Waals surface area (Å²) in [5.41, 5.74) is -0.522. The van der Waals surface area contributed by atoms with Crippen LogP contribution in [0.15, 0.2) is 0 Å². The maximum absolute atomic E-state index is 12.7. The largest absolute Gasteiger partial charge is 0.395 e. The van der Waals surface area contributed by atoms with Gasteiger partial charge in [0.2, 0.25) is 21.8 Å². The molecule has 0 bridgehead atoms. The molecule has 0 aromatic carbocycles. The Hall–Kier alpha value is -1.19. The Morgan fingerprint density at radius 3 is 2.67 bits per heavy atom. The van der Waals surface area contributed by atoms with Gasteiger partial charge in [-0.2, -0.15) is 0 Å². The minimum Gasteiger partial charge on any atom is -0.395 e. The highest BCUT2D eigenvalue weighted by molar-refractivity contribution is 7.88. The number of likely N-dealkylation sites (tertiary alicyclic amines) is 2. The van der Waals surface area contributed by atoms with Crippen LogP contribution >= 0.6 is 0 Å². The first kappa shape index (κ1) is 19.1. The molecule has 1 spiro atoms. The molecule has 0 unspecified atom stereocenters. The van der Waals surface area contributed by atoms with Gasteiger partial charge in [-0.3, -0.25) is 9.59 Å². The van der Waals surface area contributed by atoms with Crippen LogP contribution in [-0.4, -0.2) is 92.1 Å². The first-order valence-corrected chi connectivity index (χ1v) is 10.1. The number of carbonyl (C=O) groups excluding carboxylic acids is 2. The number of β-amino-alcohol motifs (C(OH)–C–C–N with tert-alkyl or cyclic N) is 1. The second-order valence-electron chi connectivity index (χ2n) is 6.80. The van der Waals surface area contributed by atoms with Gasteiger partial charge in [0.1, 0.15) is 0 Å². The number of aliphatic hydroxyl groups excluding tert-OH is 1. The van der Waals surface area contributed by atoms with Crippen LogP contribution in [0, 0.1) is 5.41 Å². The zero-order valence-electron chi connectivity index (χ0n) is 14.4. The van der Waals surface area contributed by atoms with Gasteiger partial charge >= 0.3 is 0 Å². The molecule has 8 nitrogen and oxygen atoms in total. The summed E-state index contributed by atoms with van der Waals surface area (Å²) in [6.45, 7) is 2.02. The van der Waals surface area contributed by atoms with Gasteiger partial charge in [-0.25, -0.2) is 12.7 Å². The van der Waals surface area contributed by atoms with E-state index in [1.54, 1.807) is 9.80 Å². The predicted molar refractivity (Wildman–Crippen MR) is 88.6 cm³/mol. The van der Waals surface area contributed by atoms with Gasteiger partial charge in [0.05, 0.1) is 18.3 Å². The maximum atomic E-state index is 12.7. The number of piperidine rings is 1. The third-order valence-electron chi connectivity index (χ3n) is 5.11. The summed E-state index contributed by atoms with van der Waals surface area (Å²) >= 11 is 0. The minimum atomic E-state index is -3.29. The van der Waals surface area contributed by atoms with Crippen LogP contribution in [0.2, 0.25) is 0 Å². The number of nitrogens with zero attached hydrogens (tertiary/aromatic N) is 3. The molecule has 2 fully saturated rings. The number of sulfonamides is 1. The van der Waals surface area contributed by atoms with E-state index in [9.17, 15) is 18.0 Å². The predicted octanol–water partition coefficient (Wildman–Crippen LogP) is -0.899. The number of hydrogen-bond acceptors (Lipinski definition) is 5. The third-order valence-corrected chi connectivity index (χ3v) is 6.42. The summed E-state index contributed by atoms with van der Waals surface area (Å²) in [5, 5.41) is 9.08. The Bertz CT molecular complexity index is 592. The maximum Gasteiger partial charge on any atom is 0.230 e. The lowest BCUT2D eigenvalue weighted by molar-refractivity contribution is -0.146. The van der Waals surface area contributed by atoms with Crippen molar-refractivity contribution >= 4 is 21.8 Å². The van der Waals surface area contributed by atoms with E-state index >= 15 is 0 Å². The SMILES string of the molecule is CN(CCC(=O)N1CC[C@]2(CCCN(CCO)C2=O)C1)S(C)(=O)=O. The zero-order chi connectivity index (χ0) is 18.0. The van der Waals surface area contributed by atoms with Crippen LogP contribution in [0.4, 0.5) is 0 Å². The van der Waals surface area contributed by atoms with Crippen molar-refractivity contribution < 1.29 is 23.1 Å². The van der Waals surface area contributed by atoms with Crippen molar-refractivity contribution in [3.05, 3.63) is 0 Å². The van der Waals surface area contributed by atoms with Gasteiger partial charge in [0.15, 0.2) is 0 Å². The van der Waals surface area contributed by atoms with Gasteiger partial charge in [-0.15, -0.1) is 0 Å². The summed E-state index contributed by atoms with van der Waals surface area (Å²) < 4.78 is 23.9. The van der Waals surface area contributed by atoms with E-state index in [4.69, 9.17) is 5.11 Å². The molecule has 9 heteroatoms. The van der Waals surface area contributed by atoms with Crippen LogP contribution in [0.5, 0.6) is 0 Å². The summed E-state index contributed by atoms with van der Waals surface area (Å²) in [7, 11) is -1.84. The molecule has 0 saturated carbocycles. The van der Waals surface area contributed by atoms with E-state index < -0.39 is 15.4 Å². The standard InChI is InChI=1S/C15H27N3O5S/c1-16(24(2,22)23)8-4-13(20)18-9-6-15(12-18)5-3-7-17(10-11-19)14(15)21/h19H,3-12H2,1-2H3/t15-/m1/s1. The van der Waals surface area contributed by atoms with E-state index in [2.05, 4.69) is 0 Å². The Labute approximate surface area is 143 Å². The van der Waals surface area contributed by atoms with Crippen molar-refractivity contribution in [3.8, 4) is 0 Å². The summed E-state index contributed by atoms with van der Waals surface area (Å²) in [5.74, 6) is -0.0826. The van der Waals surface area contributed by atoms with Crippen LogP contribution in [0.25, 0.3) is 0 Å². The lowest BCUT2D eigenvalue weighted by Crippen LogP contribution is -2.51. The van der Waals surface area contributed by atoms with E-state index in [1.165, 1.54) is 7.05 Å². The highest BCUT2D eigenvalue weighted by atomic mass is 32.2. The van der Waals surface area contributed by atoms with E-state index in [0.29, 0.717) is 32.6 Å². The molecular weight excluding hydrogens is 334 g/mol. The second kappa shape index (κ2) is 7.37. The molecule has 138 valence electrons. The van der Waals surface area contributed by atoms with Crippen LogP contribution in [0.1, 0.15) is 25.7 Å². The van der Waals surface area contributed by atoms with Crippen molar-refractivity contribution in [3.63, 3.8) is 0 Å². The molecular formula is C15H27N3O5S. The summed E-state index contributed by atoms with van der Waals surface area (Å²) in [6, 6.07) is 0. The Morgan fingerprint density at radius 2 is 2.04 bits per heavy atom. The lowest BCUT2D eigenvalue weighted by Gasteiger charge is -2.39. The number of aliphatic hydroxyl groups is 1. The van der Waals surface area contributed by atoms with Gasteiger partial charge in [0, 0.05) is 46.2 Å². The fourth-order valence-electron chi connectivity index (χ4n) is 3.53. The van der Waals surface area contributed by atoms with Crippen molar-refractivity contribution in [2.24, 2.45) is 5.41 Å². The number of amides is 2. The number of hydrogen-bond donors (Lipinski definition) is 1. The average molecular weight is 361 g/mol. The smallest absolute Gasteiger partial charge is 0.230 e. The van der Waals surface area contributed by atoms with Crippen molar-refractivity contribution in [2.75, 3.05) is 52.6 Å². The van der Waals surface area contributed by atoms with Crippen LogP contribution in [-0.2, 0) is 19.6 Å². The summed E-state index contributed by atoms with van der Waals surface area (Å²) in [4.78, 5) is 28.4. The molecule has 0 radical (unpaired) electrons. The topological polar surface area (TPSA) is 98.2 Å². The molecule has 24 heavy (non-hydrogen) atoms. The second-order valence-corrected chi connectivity index (χ2v) is 8.89. The van der Waals surface area contributed by atoms with E-state index in [0.717, 1.165) is 23.4 Å². The molecule has 2 heterocycles. The molecule has 2 saturated heterocycles. The van der Waals surface area contributed by atoms with Crippen molar-refractivity contribution in [1.82, 2.24) is 14.1 Å². The minimum absolute atomic E-state index is 0.0337. The summed E-state index contributed by atoms with van der Waals surface area (Å²) in [6.07, 6.45) is 3.51. The molecule has 1 N–H and O–H groups in total. The molecule has 0 aliphatic carbocycles. The molecule has 2 amide bonds. The average Bonchev–Trinajstić information content (AvgIpc) is 2.94. The lowest BCUT2D eigenvalue weighted by atomic mass is 9.78. The monoisotopic (exact) mass is 361 g/mol. The number of carbonyl (C=O) groups is 2. The third kappa shape index (κ3) is 4.07. The quantitative estimate of drug-likeness (QED) is 0.661. The molecule has 2 rings (SSSR count). The molecule has 2 aliphatic heterocycles. The normalized spacial score (nSPS) is 25.1. The van der Waals surface area contributed by atoms with Gasteiger partial charge < -0.3 is 14.9 Å². The van der Waals surface area contributed by atoms with Crippen LogP contribution < -0.4 is 0 Å². The van der Waals surface area contributed by atoms with Gasteiger partial charge in [0.25, 0.3) is 0 Å². The number of rotatable bonds is 6. The van der Waals surface area contributed by atoms with E-state index in [1.807, 2.05) is 0 Å². The fourth-order valence-corrected chi connectivity index (χ4v) is 3.95.